The standard InChI is InChI=1S/C18H28BFN2O7S/c1-12-14(10-15(29-30(20,26)27)13(2)16(12)19(24)25)11-21-6-8-22(9-7-21)17(23)28-18(3,4)5/h10,24-25H,6-9,11H2,1-5H3. The van der Waals surface area contributed by atoms with Crippen LogP contribution in [0.2, 0.25) is 0 Å². The summed E-state index contributed by atoms with van der Waals surface area (Å²) >= 11 is 0. The van der Waals surface area contributed by atoms with Crippen LogP contribution in [-0.2, 0) is 21.8 Å². The predicted molar refractivity (Wildman–Crippen MR) is 109 cm³/mol. The minimum atomic E-state index is -5.27. The summed E-state index contributed by atoms with van der Waals surface area (Å²) in [4.78, 5) is 15.8. The Morgan fingerprint density at radius 2 is 1.73 bits per heavy atom. The van der Waals surface area contributed by atoms with E-state index in [1.807, 2.05) is 4.90 Å². The minimum Gasteiger partial charge on any atom is -0.444 e. The van der Waals surface area contributed by atoms with E-state index in [4.69, 9.17) is 4.74 Å². The molecular formula is C18H28BFN2O7S. The minimum absolute atomic E-state index is 0.0681. The van der Waals surface area contributed by atoms with Crippen LogP contribution in [0.4, 0.5) is 8.68 Å². The maximum Gasteiger partial charge on any atom is 0.489 e. The van der Waals surface area contributed by atoms with Gasteiger partial charge in [0.25, 0.3) is 0 Å². The summed E-state index contributed by atoms with van der Waals surface area (Å²) in [7, 11) is -7.15. The highest BCUT2D eigenvalue weighted by Gasteiger charge is 2.28. The molecule has 1 amide bonds. The number of carbonyl (C=O) groups is 1. The molecule has 1 heterocycles. The van der Waals surface area contributed by atoms with Gasteiger partial charge in [0, 0.05) is 32.7 Å². The fourth-order valence-electron chi connectivity index (χ4n) is 3.36. The van der Waals surface area contributed by atoms with E-state index in [1.54, 1.807) is 32.6 Å². The summed E-state index contributed by atoms with van der Waals surface area (Å²) in [6, 6.07) is 1.38. The lowest BCUT2D eigenvalue weighted by atomic mass is 9.73. The Labute approximate surface area is 176 Å². The van der Waals surface area contributed by atoms with Crippen molar-refractivity contribution in [3.8, 4) is 5.75 Å². The lowest BCUT2D eigenvalue weighted by Gasteiger charge is -2.36. The van der Waals surface area contributed by atoms with E-state index >= 15 is 0 Å². The van der Waals surface area contributed by atoms with E-state index in [0.717, 1.165) is 0 Å². The maximum absolute atomic E-state index is 13.1. The third kappa shape index (κ3) is 6.56. The SMILES string of the molecule is Cc1c(CN2CCN(C(=O)OC(C)(C)C)CC2)cc(OS(=O)(=O)F)c(C)c1B(O)O. The molecule has 0 atom stereocenters. The van der Waals surface area contributed by atoms with Gasteiger partial charge in [-0.1, -0.05) is 3.89 Å². The third-order valence-corrected chi connectivity index (χ3v) is 5.21. The first-order valence-electron chi connectivity index (χ1n) is 9.51. The molecule has 0 spiro atoms. The summed E-state index contributed by atoms with van der Waals surface area (Å²) in [6.07, 6.45) is -0.386. The van der Waals surface area contributed by atoms with E-state index in [9.17, 15) is 27.1 Å². The molecule has 9 nitrogen and oxygen atoms in total. The van der Waals surface area contributed by atoms with Crippen molar-refractivity contribution in [3.05, 3.63) is 22.8 Å². The molecule has 1 aromatic carbocycles. The fourth-order valence-corrected chi connectivity index (χ4v) is 3.75. The number of halogens is 1. The molecule has 1 fully saturated rings. The van der Waals surface area contributed by atoms with Crippen LogP contribution < -0.4 is 9.65 Å². The topological polar surface area (TPSA) is 117 Å². The molecule has 0 aliphatic carbocycles. The van der Waals surface area contributed by atoms with Crippen molar-refractivity contribution in [1.82, 2.24) is 9.80 Å². The van der Waals surface area contributed by atoms with E-state index in [0.29, 0.717) is 43.9 Å². The highest BCUT2D eigenvalue weighted by atomic mass is 32.3. The lowest BCUT2D eigenvalue weighted by molar-refractivity contribution is 0.0139. The molecule has 168 valence electrons. The molecule has 1 aliphatic rings. The summed E-state index contributed by atoms with van der Waals surface area (Å²) in [5, 5.41) is 19.4. The average molecular weight is 446 g/mol. The van der Waals surface area contributed by atoms with Crippen molar-refractivity contribution < 1.29 is 36.1 Å². The second kappa shape index (κ2) is 9.09. The van der Waals surface area contributed by atoms with Crippen molar-refractivity contribution in [2.45, 2.75) is 46.8 Å². The van der Waals surface area contributed by atoms with Crippen LogP contribution in [0.25, 0.3) is 0 Å². The van der Waals surface area contributed by atoms with Crippen LogP contribution in [0, 0.1) is 13.8 Å². The van der Waals surface area contributed by atoms with Gasteiger partial charge in [-0.2, -0.15) is 8.42 Å². The van der Waals surface area contributed by atoms with Crippen LogP contribution in [0.1, 0.15) is 37.5 Å². The van der Waals surface area contributed by atoms with Crippen LogP contribution in [0.3, 0.4) is 0 Å². The highest BCUT2D eigenvalue weighted by molar-refractivity contribution is 7.81. The number of carbonyl (C=O) groups excluding carboxylic acids is 1. The van der Waals surface area contributed by atoms with Crippen molar-refractivity contribution in [1.29, 1.82) is 0 Å². The molecule has 0 bridgehead atoms. The molecule has 12 heteroatoms. The molecule has 2 N–H and O–H groups in total. The van der Waals surface area contributed by atoms with Crippen LogP contribution in [0.5, 0.6) is 5.75 Å². The van der Waals surface area contributed by atoms with Gasteiger partial charge in [-0.25, -0.2) is 4.79 Å². The second-order valence-electron chi connectivity index (χ2n) is 8.29. The first kappa shape index (κ1) is 24.4. The fraction of sp³-hybridized carbons (Fsp3) is 0.611. The van der Waals surface area contributed by atoms with Crippen LogP contribution in [-0.4, -0.2) is 73.3 Å². The zero-order valence-corrected chi connectivity index (χ0v) is 18.6. The number of hydrogen-bond donors (Lipinski definition) is 2. The molecule has 0 unspecified atom stereocenters. The van der Waals surface area contributed by atoms with Gasteiger partial charge >= 0.3 is 23.7 Å². The van der Waals surface area contributed by atoms with Gasteiger partial charge in [0.1, 0.15) is 11.4 Å². The summed E-state index contributed by atoms with van der Waals surface area (Å²) < 4.78 is 44.7. The molecule has 0 saturated carbocycles. The maximum atomic E-state index is 13.1. The molecule has 2 rings (SSSR count). The second-order valence-corrected chi connectivity index (χ2v) is 9.24. The molecule has 0 aromatic heterocycles. The number of piperazine rings is 1. The number of ether oxygens (including phenoxy) is 1. The van der Waals surface area contributed by atoms with E-state index in [-0.39, 0.29) is 22.9 Å². The number of benzene rings is 1. The Balaban J connectivity index is 2.18. The molecular weight excluding hydrogens is 418 g/mol. The van der Waals surface area contributed by atoms with Gasteiger partial charge in [-0.05, 0) is 62.8 Å². The van der Waals surface area contributed by atoms with Gasteiger partial charge in [0.15, 0.2) is 0 Å². The van der Waals surface area contributed by atoms with E-state index in [2.05, 4.69) is 4.18 Å². The van der Waals surface area contributed by atoms with Gasteiger partial charge in [0.2, 0.25) is 0 Å². The lowest BCUT2D eigenvalue weighted by Crippen LogP contribution is -2.49. The zero-order valence-electron chi connectivity index (χ0n) is 17.8. The van der Waals surface area contributed by atoms with Gasteiger partial charge in [-0.15, -0.1) is 0 Å². The Bertz CT molecular complexity index is 895. The first-order chi connectivity index (χ1) is 13.7. The van der Waals surface area contributed by atoms with Gasteiger partial charge in [0.05, 0.1) is 0 Å². The molecule has 1 aliphatic heterocycles. The Morgan fingerprint density at radius 1 is 1.17 bits per heavy atom. The largest absolute Gasteiger partial charge is 0.489 e. The van der Waals surface area contributed by atoms with E-state index in [1.165, 1.54) is 13.0 Å². The van der Waals surface area contributed by atoms with Gasteiger partial charge < -0.3 is 23.9 Å². The smallest absolute Gasteiger partial charge is 0.444 e. The average Bonchev–Trinajstić information content (AvgIpc) is 2.57. The Hall–Kier alpha value is -1.89. The third-order valence-electron chi connectivity index (χ3n) is 4.83. The van der Waals surface area contributed by atoms with Crippen molar-refractivity contribution in [3.63, 3.8) is 0 Å². The number of rotatable bonds is 5. The molecule has 30 heavy (non-hydrogen) atoms. The van der Waals surface area contributed by atoms with E-state index < -0.39 is 23.2 Å². The monoisotopic (exact) mass is 446 g/mol. The first-order valence-corrected chi connectivity index (χ1v) is 10.8. The van der Waals surface area contributed by atoms with Gasteiger partial charge in [-0.3, -0.25) is 4.90 Å². The molecule has 0 radical (unpaired) electrons. The molecule has 1 aromatic rings. The number of amides is 1. The predicted octanol–water partition coefficient (Wildman–Crippen LogP) is 0.629. The summed E-state index contributed by atoms with van der Waals surface area (Å²) in [5.41, 5.74) is 0.719. The summed E-state index contributed by atoms with van der Waals surface area (Å²) in [5.74, 6) is -0.298. The Morgan fingerprint density at radius 3 is 2.20 bits per heavy atom. The zero-order chi connectivity index (χ0) is 22.9. The normalized spacial score (nSPS) is 15.8. The summed E-state index contributed by atoms with van der Waals surface area (Å²) in [6.45, 7) is 10.8. The number of hydrogen-bond acceptors (Lipinski definition) is 8. The van der Waals surface area contributed by atoms with Crippen molar-refractivity contribution in [2.75, 3.05) is 26.2 Å². The van der Waals surface area contributed by atoms with Crippen molar-refractivity contribution >= 4 is 29.2 Å². The van der Waals surface area contributed by atoms with Crippen LogP contribution >= 0.6 is 0 Å². The highest BCUT2D eigenvalue weighted by Crippen LogP contribution is 2.25. The number of nitrogens with zero attached hydrogens (tertiary/aromatic N) is 2. The Kier molecular flexibility index (Phi) is 7.38. The van der Waals surface area contributed by atoms with Crippen LogP contribution in [0.15, 0.2) is 6.07 Å². The molecule has 1 saturated heterocycles. The quantitative estimate of drug-likeness (QED) is 0.500. The van der Waals surface area contributed by atoms with Crippen molar-refractivity contribution in [2.24, 2.45) is 0 Å².